The van der Waals surface area contributed by atoms with Crippen molar-refractivity contribution in [3.8, 4) is 11.1 Å². The van der Waals surface area contributed by atoms with Gasteiger partial charge < -0.3 is 20.5 Å². The number of amides is 2. The second-order valence-electron chi connectivity index (χ2n) is 9.97. The maximum Gasteiger partial charge on any atom is 0.407 e. The van der Waals surface area contributed by atoms with Crippen LogP contribution in [0.15, 0.2) is 48.5 Å². The zero-order valence-electron chi connectivity index (χ0n) is 20.4. The second kappa shape index (κ2) is 10.5. The lowest BCUT2D eigenvalue weighted by atomic mass is 9.91. The molecule has 2 aromatic carbocycles. The smallest absolute Gasteiger partial charge is 0.407 e. The Bertz CT molecular complexity index is 1050. The molecule has 0 aromatic heterocycles. The van der Waals surface area contributed by atoms with Gasteiger partial charge in [-0.25, -0.2) is 4.79 Å². The lowest BCUT2D eigenvalue weighted by Gasteiger charge is -2.30. The van der Waals surface area contributed by atoms with Crippen molar-refractivity contribution in [2.24, 2.45) is 5.92 Å². The van der Waals surface area contributed by atoms with E-state index < -0.39 is 17.6 Å². The molecule has 2 aromatic rings. The first-order chi connectivity index (χ1) is 16.8. The molecule has 186 valence electrons. The zero-order chi connectivity index (χ0) is 25.0. The van der Waals surface area contributed by atoms with Crippen molar-refractivity contribution in [1.29, 1.82) is 0 Å². The van der Waals surface area contributed by atoms with Crippen LogP contribution in [-0.4, -0.2) is 41.3 Å². The highest BCUT2D eigenvalue weighted by Crippen LogP contribution is 2.44. The van der Waals surface area contributed by atoms with Gasteiger partial charge in [-0.1, -0.05) is 61.9 Å². The highest BCUT2D eigenvalue weighted by molar-refractivity contribution is 5.80. The molecule has 0 bridgehead atoms. The van der Waals surface area contributed by atoms with Crippen molar-refractivity contribution in [2.75, 3.05) is 6.61 Å². The third kappa shape index (κ3) is 5.84. The van der Waals surface area contributed by atoms with E-state index in [0.29, 0.717) is 6.42 Å². The fourth-order valence-corrected chi connectivity index (χ4v) is 5.30. The number of aliphatic carboxylic acids is 1. The van der Waals surface area contributed by atoms with Crippen LogP contribution in [0.5, 0.6) is 0 Å². The van der Waals surface area contributed by atoms with Crippen molar-refractivity contribution < 1.29 is 24.2 Å². The van der Waals surface area contributed by atoms with Gasteiger partial charge in [-0.05, 0) is 54.4 Å². The molecule has 0 spiro atoms. The summed E-state index contributed by atoms with van der Waals surface area (Å²) in [5, 5.41) is 15.1. The van der Waals surface area contributed by atoms with E-state index in [1.54, 1.807) is 6.92 Å². The maximum atomic E-state index is 12.8. The molecule has 0 radical (unpaired) electrons. The average Bonchev–Trinajstić information content (AvgIpc) is 3.61. The molecule has 0 saturated heterocycles. The van der Waals surface area contributed by atoms with Crippen molar-refractivity contribution in [3.63, 3.8) is 0 Å². The largest absolute Gasteiger partial charge is 0.481 e. The summed E-state index contributed by atoms with van der Waals surface area (Å²) in [6.45, 7) is 4.00. The van der Waals surface area contributed by atoms with E-state index in [0.717, 1.165) is 41.5 Å². The van der Waals surface area contributed by atoms with Gasteiger partial charge in [-0.2, -0.15) is 0 Å². The normalized spacial score (nSPS) is 17.0. The molecule has 2 aliphatic rings. The van der Waals surface area contributed by atoms with E-state index in [9.17, 15) is 19.5 Å². The van der Waals surface area contributed by atoms with E-state index in [4.69, 9.17) is 4.74 Å². The predicted molar refractivity (Wildman–Crippen MR) is 133 cm³/mol. The third-order valence-electron chi connectivity index (χ3n) is 7.16. The Morgan fingerprint density at radius 3 is 2.20 bits per heavy atom. The molecular formula is C28H34N2O5. The second-order valence-corrected chi connectivity index (χ2v) is 9.97. The number of carbonyl (C=O) groups excluding carboxylic acids is 2. The van der Waals surface area contributed by atoms with Gasteiger partial charge in [-0.3, -0.25) is 9.59 Å². The number of benzene rings is 2. The number of carbonyl (C=O) groups is 3. The highest BCUT2D eigenvalue weighted by Gasteiger charge is 2.44. The number of hydrogen-bond acceptors (Lipinski definition) is 4. The molecule has 1 saturated carbocycles. The van der Waals surface area contributed by atoms with Crippen LogP contribution in [-0.2, 0) is 14.3 Å². The summed E-state index contributed by atoms with van der Waals surface area (Å²) in [6.07, 6.45) is 2.67. The molecular weight excluding hydrogens is 444 g/mol. The number of ether oxygens (including phenoxy) is 1. The number of carboxylic acid groups (broad SMARTS) is 1. The zero-order valence-corrected chi connectivity index (χ0v) is 20.4. The Labute approximate surface area is 206 Å². The standard InChI is InChI=1S/C28H34N2O5/c1-3-8-19(15-25(31)30-28(2,16-26(32)33)18-13-14-18)29-27(34)35-17-24-22-11-6-4-9-20(22)21-10-5-7-12-23(21)24/h4-7,9-12,18-19,24H,3,8,13-17H2,1-2H3,(H,29,34)(H,30,31)(H,32,33)/t19-,28?/m0/s1. The molecule has 3 N–H and O–H groups in total. The first-order valence-electron chi connectivity index (χ1n) is 12.4. The Hall–Kier alpha value is -3.35. The summed E-state index contributed by atoms with van der Waals surface area (Å²) in [5.41, 5.74) is 3.85. The van der Waals surface area contributed by atoms with Gasteiger partial charge in [0, 0.05) is 18.4 Å². The lowest BCUT2D eigenvalue weighted by molar-refractivity contribution is -0.139. The third-order valence-corrected chi connectivity index (χ3v) is 7.16. The minimum absolute atomic E-state index is 0.0312. The Balaban J connectivity index is 1.35. The highest BCUT2D eigenvalue weighted by atomic mass is 16.5. The van der Waals surface area contributed by atoms with Crippen LogP contribution in [0.1, 0.15) is 69.4 Å². The van der Waals surface area contributed by atoms with Gasteiger partial charge in [0.15, 0.2) is 0 Å². The molecule has 35 heavy (non-hydrogen) atoms. The number of nitrogens with one attached hydrogen (secondary N) is 2. The molecule has 2 atom stereocenters. The number of rotatable bonds is 11. The van der Waals surface area contributed by atoms with E-state index in [1.807, 2.05) is 31.2 Å². The van der Waals surface area contributed by atoms with Crippen LogP contribution in [0.2, 0.25) is 0 Å². The van der Waals surface area contributed by atoms with Crippen LogP contribution in [0.25, 0.3) is 11.1 Å². The van der Waals surface area contributed by atoms with Crippen molar-refractivity contribution >= 4 is 18.0 Å². The molecule has 1 unspecified atom stereocenters. The molecule has 7 heteroatoms. The van der Waals surface area contributed by atoms with Gasteiger partial charge >= 0.3 is 12.1 Å². The Kier molecular flexibility index (Phi) is 7.43. The minimum atomic E-state index is -0.929. The minimum Gasteiger partial charge on any atom is -0.481 e. The summed E-state index contributed by atoms with van der Waals surface area (Å²) < 4.78 is 5.64. The summed E-state index contributed by atoms with van der Waals surface area (Å²) >= 11 is 0. The van der Waals surface area contributed by atoms with E-state index in [-0.39, 0.29) is 43.2 Å². The fourth-order valence-electron chi connectivity index (χ4n) is 5.30. The molecule has 4 rings (SSSR count). The van der Waals surface area contributed by atoms with Gasteiger partial charge in [0.2, 0.25) is 5.91 Å². The number of hydrogen-bond donors (Lipinski definition) is 3. The summed E-state index contributed by atoms with van der Waals surface area (Å²) in [7, 11) is 0. The van der Waals surface area contributed by atoms with Crippen LogP contribution in [0, 0.1) is 5.92 Å². The topological polar surface area (TPSA) is 105 Å². The fraction of sp³-hybridized carbons (Fsp3) is 0.464. The van der Waals surface area contributed by atoms with Gasteiger partial charge in [-0.15, -0.1) is 0 Å². The Morgan fingerprint density at radius 2 is 1.66 bits per heavy atom. The average molecular weight is 479 g/mol. The van der Waals surface area contributed by atoms with E-state index >= 15 is 0 Å². The van der Waals surface area contributed by atoms with Crippen molar-refractivity contribution in [1.82, 2.24) is 10.6 Å². The molecule has 0 aliphatic heterocycles. The number of fused-ring (bicyclic) bond motifs is 3. The quantitative estimate of drug-likeness (QED) is 0.429. The number of carboxylic acids is 1. The van der Waals surface area contributed by atoms with Crippen LogP contribution >= 0.6 is 0 Å². The monoisotopic (exact) mass is 478 g/mol. The van der Waals surface area contributed by atoms with E-state index in [1.165, 1.54) is 0 Å². The number of alkyl carbamates (subject to hydrolysis) is 1. The predicted octanol–water partition coefficient (Wildman–Crippen LogP) is 4.84. The molecule has 1 fully saturated rings. The summed E-state index contributed by atoms with van der Waals surface area (Å²) in [5.74, 6) is -1.03. The van der Waals surface area contributed by atoms with E-state index in [2.05, 4.69) is 34.9 Å². The Morgan fingerprint density at radius 1 is 1.06 bits per heavy atom. The summed E-state index contributed by atoms with van der Waals surface area (Å²) in [4.78, 5) is 36.8. The SMILES string of the molecule is CCC[C@@H](CC(=O)NC(C)(CC(=O)O)C1CC1)NC(=O)OCC1c2ccccc2-c2ccccc21. The molecule has 2 aliphatic carbocycles. The first-order valence-corrected chi connectivity index (χ1v) is 12.4. The van der Waals surface area contributed by atoms with Gasteiger partial charge in [0.05, 0.1) is 12.0 Å². The first kappa shape index (κ1) is 24.8. The van der Waals surface area contributed by atoms with Crippen LogP contribution in [0.4, 0.5) is 4.79 Å². The lowest BCUT2D eigenvalue weighted by Crippen LogP contribution is -2.51. The van der Waals surface area contributed by atoms with Crippen molar-refractivity contribution in [2.45, 2.75) is 69.9 Å². The van der Waals surface area contributed by atoms with Crippen LogP contribution in [0.3, 0.4) is 0 Å². The van der Waals surface area contributed by atoms with Gasteiger partial charge in [0.25, 0.3) is 0 Å². The van der Waals surface area contributed by atoms with Gasteiger partial charge in [0.1, 0.15) is 6.61 Å². The summed E-state index contributed by atoms with van der Waals surface area (Å²) in [6, 6.07) is 15.9. The molecule has 7 nitrogen and oxygen atoms in total. The van der Waals surface area contributed by atoms with Crippen molar-refractivity contribution in [3.05, 3.63) is 59.7 Å². The molecule has 2 amide bonds. The van der Waals surface area contributed by atoms with Crippen LogP contribution < -0.4 is 10.6 Å². The maximum absolute atomic E-state index is 12.8. The molecule has 0 heterocycles.